The summed E-state index contributed by atoms with van der Waals surface area (Å²) in [5.41, 5.74) is 1.42. The van der Waals surface area contributed by atoms with Crippen molar-refractivity contribution in [2.45, 2.75) is 24.3 Å². The monoisotopic (exact) mass is 562 g/mol. The Bertz CT molecular complexity index is 1560. The van der Waals surface area contributed by atoms with Gasteiger partial charge in [-0.05, 0) is 48.7 Å². The van der Waals surface area contributed by atoms with E-state index in [-0.39, 0.29) is 38.4 Å². The van der Waals surface area contributed by atoms with E-state index in [4.69, 9.17) is 11.6 Å². The molecule has 1 amide bonds. The van der Waals surface area contributed by atoms with Gasteiger partial charge in [-0.1, -0.05) is 35.1 Å². The average Bonchev–Trinajstić information content (AvgIpc) is 3.33. The smallest absolute Gasteiger partial charge is 0.245 e. The van der Waals surface area contributed by atoms with Crippen molar-refractivity contribution in [2.75, 3.05) is 18.0 Å². The number of rotatable bonds is 6. The maximum atomic E-state index is 14.2. The van der Waals surface area contributed by atoms with E-state index in [9.17, 15) is 22.0 Å². The van der Waals surface area contributed by atoms with Crippen LogP contribution in [0.5, 0.6) is 0 Å². The Morgan fingerprint density at radius 3 is 2.59 bits per heavy atom. The first kappa shape index (κ1) is 25.7. The first-order chi connectivity index (χ1) is 17.7. The fourth-order valence-corrected chi connectivity index (χ4v) is 7.10. The first-order valence-electron chi connectivity index (χ1n) is 11.4. The molecule has 0 bridgehead atoms. The number of thiazole rings is 1. The Morgan fingerprint density at radius 2 is 1.92 bits per heavy atom. The molecule has 0 aliphatic carbocycles. The molecule has 7 nitrogen and oxygen atoms in total. The Kier molecular flexibility index (Phi) is 7.21. The summed E-state index contributed by atoms with van der Waals surface area (Å²) in [6, 6.07) is 11.5. The van der Waals surface area contributed by atoms with Gasteiger partial charge in [-0.15, -0.1) is 0 Å². The normalized spacial score (nSPS) is 15.2. The highest BCUT2D eigenvalue weighted by Gasteiger charge is 2.36. The quantitative estimate of drug-likeness (QED) is 0.320. The van der Waals surface area contributed by atoms with Crippen molar-refractivity contribution in [3.8, 4) is 0 Å². The molecule has 0 atom stereocenters. The Labute approximate surface area is 221 Å². The number of anilines is 1. The highest BCUT2D eigenvalue weighted by Crippen LogP contribution is 2.35. The van der Waals surface area contributed by atoms with Gasteiger partial charge in [0.2, 0.25) is 15.9 Å². The van der Waals surface area contributed by atoms with Crippen molar-refractivity contribution in [3.05, 3.63) is 83.1 Å². The van der Waals surface area contributed by atoms with Gasteiger partial charge in [-0.3, -0.25) is 14.7 Å². The minimum atomic E-state index is -4.17. The molecule has 0 unspecified atom stereocenters. The van der Waals surface area contributed by atoms with Gasteiger partial charge in [0.15, 0.2) is 5.13 Å². The van der Waals surface area contributed by atoms with Crippen molar-refractivity contribution >= 4 is 54.2 Å². The van der Waals surface area contributed by atoms with Crippen LogP contribution in [0.3, 0.4) is 0 Å². The van der Waals surface area contributed by atoms with E-state index < -0.39 is 32.5 Å². The topological polar surface area (TPSA) is 83.5 Å². The molecule has 2 aromatic carbocycles. The van der Waals surface area contributed by atoms with Crippen LogP contribution in [0.15, 0.2) is 65.8 Å². The van der Waals surface area contributed by atoms with Gasteiger partial charge in [-0.25, -0.2) is 22.2 Å². The van der Waals surface area contributed by atoms with Crippen LogP contribution in [0.1, 0.15) is 18.4 Å². The molecule has 5 rings (SSSR count). The third-order valence-corrected chi connectivity index (χ3v) is 9.51. The Hall–Kier alpha value is -2.99. The van der Waals surface area contributed by atoms with Crippen molar-refractivity contribution in [2.24, 2.45) is 5.92 Å². The lowest BCUT2D eigenvalue weighted by atomic mass is 9.96. The number of para-hydroxylation sites is 1. The third-order valence-electron chi connectivity index (χ3n) is 6.23. The molecule has 1 fully saturated rings. The average molecular weight is 563 g/mol. The number of fused-ring (bicyclic) bond motifs is 1. The lowest BCUT2D eigenvalue weighted by molar-refractivity contribution is -0.123. The van der Waals surface area contributed by atoms with Crippen molar-refractivity contribution in [1.29, 1.82) is 0 Å². The first-order valence-corrected chi connectivity index (χ1v) is 14.1. The third kappa shape index (κ3) is 5.22. The molecule has 0 N–H and O–H groups in total. The molecule has 1 saturated heterocycles. The standard InChI is InChI=1S/C25H21ClF2N4O3S2/c26-19-4-1-5-21-23(19)30-25(36-21)32(15-16-3-2-10-29-14-16)24(33)17-8-11-31(12-9-17)37(34,35)22-7-6-18(27)13-20(22)28/h1-7,10,13-14,17H,8-9,11-12,15H2. The predicted molar refractivity (Wildman–Crippen MR) is 138 cm³/mol. The maximum absolute atomic E-state index is 14.2. The van der Waals surface area contributed by atoms with E-state index in [1.165, 1.54) is 11.3 Å². The molecule has 37 heavy (non-hydrogen) atoms. The van der Waals surface area contributed by atoms with Crippen molar-refractivity contribution in [1.82, 2.24) is 14.3 Å². The zero-order valence-electron chi connectivity index (χ0n) is 19.4. The minimum Gasteiger partial charge on any atom is -0.283 e. The second-order valence-electron chi connectivity index (χ2n) is 8.62. The summed E-state index contributed by atoms with van der Waals surface area (Å²) in [4.78, 5) is 23.5. The number of pyridine rings is 1. The molecule has 0 spiro atoms. The minimum absolute atomic E-state index is 0.0297. The van der Waals surface area contributed by atoms with E-state index in [0.29, 0.717) is 21.7 Å². The van der Waals surface area contributed by atoms with Crippen LogP contribution in [0.4, 0.5) is 13.9 Å². The largest absolute Gasteiger partial charge is 0.283 e. The van der Waals surface area contributed by atoms with E-state index in [1.54, 1.807) is 29.4 Å². The van der Waals surface area contributed by atoms with Crippen molar-refractivity contribution < 1.29 is 22.0 Å². The molecule has 3 heterocycles. The van der Waals surface area contributed by atoms with Gasteiger partial charge < -0.3 is 0 Å². The van der Waals surface area contributed by atoms with Gasteiger partial charge in [0, 0.05) is 37.5 Å². The molecule has 4 aromatic rings. The summed E-state index contributed by atoms with van der Waals surface area (Å²) in [6.07, 6.45) is 3.81. The summed E-state index contributed by atoms with van der Waals surface area (Å²) in [5.74, 6) is -2.66. The van der Waals surface area contributed by atoms with Crippen LogP contribution in [0, 0.1) is 17.6 Å². The van der Waals surface area contributed by atoms with Crippen LogP contribution >= 0.6 is 22.9 Å². The van der Waals surface area contributed by atoms with Gasteiger partial charge in [0.25, 0.3) is 0 Å². The predicted octanol–water partition coefficient (Wildman–Crippen LogP) is 5.26. The number of piperidine rings is 1. The molecule has 0 saturated carbocycles. The summed E-state index contributed by atoms with van der Waals surface area (Å²) in [7, 11) is -4.17. The summed E-state index contributed by atoms with van der Waals surface area (Å²) in [5, 5.41) is 0.973. The lowest BCUT2D eigenvalue weighted by Crippen LogP contribution is -2.44. The van der Waals surface area contributed by atoms with Crippen LogP contribution in [-0.4, -0.2) is 41.7 Å². The summed E-state index contributed by atoms with van der Waals surface area (Å²) >= 11 is 7.66. The van der Waals surface area contributed by atoms with E-state index >= 15 is 0 Å². The number of hydrogen-bond acceptors (Lipinski definition) is 6. The number of aromatic nitrogens is 2. The SMILES string of the molecule is O=C(C1CCN(S(=O)(=O)c2ccc(F)cc2F)CC1)N(Cc1cccnc1)c1nc2c(Cl)cccc2s1. The fraction of sp³-hybridized carbons (Fsp3) is 0.240. The van der Waals surface area contributed by atoms with Gasteiger partial charge in [0.05, 0.1) is 16.3 Å². The number of hydrogen-bond donors (Lipinski definition) is 0. The molecule has 1 aliphatic rings. The highest BCUT2D eigenvalue weighted by atomic mass is 35.5. The molecular weight excluding hydrogens is 542 g/mol. The number of benzene rings is 2. The number of nitrogens with zero attached hydrogens (tertiary/aromatic N) is 4. The molecular formula is C25H21ClF2N4O3S2. The zero-order valence-corrected chi connectivity index (χ0v) is 21.7. The molecule has 2 aromatic heterocycles. The zero-order chi connectivity index (χ0) is 26.2. The number of carbonyl (C=O) groups is 1. The lowest BCUT2D eigenvalue weighted by Gasteiger charge is -2.33. The van der Waals surface area contributed by atoms with Gasteiger partial charge in [-0.2, -0.15) is 4.31 Å². The van der Waals surface area contributed by atoms with E-state index in [1.807, 2.05) is 18.2 Å². The second-order valence-corrected chi connectivity index (χ2v) is 11.9. The molecule has 1 aliphatic heterocycles. The molecule has 12 heteroatoms. The van der Waals surface area contributed by atoms with Gasteiger partial charge in [0.1, 0.15) is 22.0 Å². The van der Waals surface area contributed by atoms with Crippen LogP contribution < -0.4 is 4.90 Å². The van der Waals surface area contributed by atoms with Crippen LogP contribution in [-0.2, 0) is 21.4 Å². The number of halogens is 3. The summed E-state index contributed by atoms with van der Waals surface area (Å²) < 4.78 is 55.4. The Morgan fingerprint density at radius 1 is 1.14 bits per heavy atom. The fourth-order valence-electron chi connectivity index (χ4n) is 4.32. The van der Waals surface area contributed by atoms with Crippen LogP contribution in [0.2, 0.25) is 5.02 Å². The number of carbonyl (C=O) groups excluding carboxylic acids is 1. The second kappa shape index (κ2) is 10.4. The summed E-state index contributed by atoms with van der Waals surface area (Å²) in [6.45, 7) is 0.299. The Balaban J connectivity index is 1.38. The van der Waals surface area contributed by atoms with E-state index in [0.717, 1.165) is 26.7 Å². The number of sulfonamides is 1. The maximum Gasteiger partial charge on any atom is 0.245 e. The van der Waals surface area contributed by atoms with Gasteiger partial charge >= 0.3 is 0 Å². The van der Waals surface area contributed by atoms with Crippen LogP contribution in [0.25, 0.3) is 10.2 Å². The van der Waals surface area contributed by atoms with E-state index in [2.05, 4.69) is 9.97 Å². The molecule has 192 valence electrons. The number of amides is 1. The van der Waals surface area contributed by atoms with Crippen molar-refractivity contribution in [3.63, 3.8) is 0 Å². The highest BCUT2D eigenvalue weighted by molar-refractivity contribution is 7.89. The molecule has 0 radical (unpaired) electrons.